The highest BCUT2D eigenvalue weighted by molar-refractivity contribution is 5.97. The van der Waals surface area contributed by atoms with Crippen molar-refractivity contribution in [1.29, 1.82) is 0 Å². The molecule has 1 aromatic carbocycles. The first-order valence-corrected chi connectivity index (χ1v) is 9.31. The molecule has 2 aliphatic heterocycles. The van der Waals surface area contributed by atoms with Gasteiger partial charge in [-0.3, -0.25) is 14.8 Å². The minimum Gasteiger partial charge on any atom is -0.314 e. The number of rotatable bonds is 4. The van der Waals surface area contributed by atoms with Gasteiger partial charge in [0, 0.05) is 49.9 Å². The first-order valence-electron chi connectivity index (χ1n) is 9.31. The summed E-state index contributed by atoms with van der Waals surface area (Å²) in [7, 11) is 0. The Hall–Kier alpha value is -1.98. The quantitative estimate of drug-likeness (QED) is 0.839. The van der Waals surface area contributed by atoms with Gasteiger partial charge in [-0.1, -0.05) is 25.1 Å². The van der Waals surface area contributed by atoms with E-state index >= 15 is 0 Å². The Morgan fingerprint density at radius 1 is 1.36 bits per heavy atom. The molecule has 4 rings (SSSR count). The number of carbonyl (C=O) groups excluding carboxylic acids is 1. The first kappa shape index (κ1) is 16.5. The topological polar surface area (TPSA) is 61.0 Å². The van der Waals surface area contributed by atoms with E-state index in [1.165, 1.54) is 11.1 Å². The van der Waals surface area contributed by atoms with E-state index in [0.717, 1.165) is 55.8 Å². The summed E-state index contributed by atoms with van der Waals surface area (Å²) in [5.74, 6) is 0.102. The molecular formula is C20H26N4O. The van der Waals surface area contributed by atoms with Crippen LogP contribution in [0.4, 0.5) is 0 Å². The number of benzene rings is 1. The van der Waals surface area contributed by atoms with Crippen molar-refractivity contribution in [1.82, 2.24) is 20.4 Å². The number of piperazine rings is 1. The Labute approximate surface area is 148 Å². The number of nitrogens with zero attached hydrogens (tertiary/aromatic N) is 2. The van der Waals surface area contributed by atoms with Crippen LogP contribution < -0.4 is 5.32 Å². The Morgan fingerprint density at radius 3 is 3.04 bits per heavy atom. The third-order valence-corrected chi connectivity index (χ3v) is 5.68. The van der Waals surface area contributed by atoms with Gasteiger partial charge in [-0.2, -0.15) is 5.10 Å². The molecular weight excluding hydrogens is 312 g/mol. The number of aromatic amines is 1. The zero-order valence-electron chi connectivity index (χ0n) is 15.1. The Balaban J connectivity index is 1.54. The van der Waals surface area contributed by atoms with E-state index in [4.69, 9.17) is 0 Å². The summed E-state index contributed by atoms with van der Waals surface area (Å²) < 4.78 is 0. The van der Waals surface area contributed by atoms with E-state index < -0.39 is 0 Å². The summed E-state index contributed by atoms with van der Waals surface area (Å²) in [6.07, 6.45) is 2.38. The lowest BCUT2D eigenvalue weighted by Gasteiger charge is -2.41. The molecule has 1 saturated heterocycles. The van der Waals surface area contributed by atoms with Crippen molar-refractivity contribution in [3.63, 3.8) is 0 Å². The van der Waals surface area contributed by atoms with Crippen molar-refractivity contribution in [3.05, 3.63) is 51.8 Å². The molecule has 2 aliphatic rings. The largest absolute Gasteiger partial charge is 0.314 e. The van der Waals surface area contributed by atoms with Crippen LogP contribution >= 0.6 is 0 Å². The average Bonchev–Trinajstić information content (AvgIpc) is 3.02. The van der Waals surface area contributed by atoms with Crippen molar-refractivity contribution in [2.45, 2.75) is 39.2 Å². The van der Waals surface area contributed by atoms with Gasteiger partial charge in [0.15, 0.2) is 5.78 Å². The van der Waals surface area contributed by atoms with Gasteiger partial charge < -0.3 is 5.32 Å². The number of aromatic nitrogens is 2. The molecule has 25 heavy (non-hydrogen) atoms. The van der Waals surface area contributed by atoms with Crippen LogP contribution in [0.15, 0.2) is 18.2 Å². The fourth-order valence-corrected chi connectivity index (χ4v) is 4.21. The Morgan fingerprint density at radius 2 is 2.24 bits per heavy atom. The molecule has 0 unspecified atom stereocenters. The molecule has 0 spiro atoms. The molecule has 0 saturated carbocycles. The summed E-state index contributed by atoms with van der Waals surface area (Å²) in [5.41, 5.74) is 6.58. The summed E-state index contributed by atoms with van der Waals surface area (Å²) in [4.78, 5) is 15.2. The lowest BCUT2D eigenvalue weighted by Crippen LogP contribution is -2.48. The number of ketones is 1. The maximum atomic E-state index is 12.7. The number of Topliss-reactive ketones (excluding diaryl/α,β-unsaturated/α-hetero) is 1. The number of hydrogen-bond acceptors (Lipinski definition) is 4. The second kappa shape index (κ2) is 6.73. The Bertz CT molecular complexity index is 795. The van der Waals surface area contributed by atoms with Gasteiger partial charge in [0.05, 0.1) is 0 Å². The van der Waals surface area contributed by atoms with Gasteiger partial charge in [0.1, 0.15) is 5.69 Å². The summed E-state index contributed by atoms with van der Waals surface area (Å²) in [6.45, 7) is 8.41. The number of H-pyrrole nitrogens is 1. The fourth-order valence-electron chi connectivity index (χ4n) is 4.21. The predicted octanol–water partition coefficient (Wildman–Crippen LogP) is 2.21. The SMILES string of the molecule is CCc1[nH]nc(C(=O)Cc2ccc3c(c2)CCN2CCNC[C@@H]32)c1C. The molecule has 1 fully saturated rings. The molecule has 0 aliphatic carbocycles. The maximum absolute atomic E-state index is 12.7. The minimum atomic E-state index is 0.102. The third-order valence-electron chi connectivity index (χ3n) is 5.68. The summed E-state index contributed by atoms with van der Waals surface area (Å²) in [5, 5.41) is 10.7. The van der Waals surface area contributed by atoms with E-state index in [1.54, 1.807) is 0 Å². The van der Waals surface area contributed by atoms with E-state index in [9.17, 15) is 4.79 Å². The van der Waals surface area contributed by atoms with Crippen LogP contribution in [0.25, 0.3) is 0 Å². The van der Waals surface area contributed by atoms with Gasteiger partial charge in [-0.25, -0.2) is 0 Å². The third kappa shape index (κ3) is 3.02. The number of aryl methyl sites for hydroxylation is 1. The lowest BCUT2D eigenvalue weighted by molar-refractivity contribution is 0.0987. The molecule has 0 amide bonds. The van der Waals surface area contributed by atoms with Crippen LogP contribution in [0.2, 0.25) is 0 Å². The Kier molecular flexibility index (Phi) is 4.44. The van der Waals surface area contributed by atoms with Gasteiger partial charge in [0.2, 0.25) is 0 Å². The lowest BCUT2D eigenvalue weighted by atomic mass is 9.89. The number of fused-ring (bicyclic) bond motifs is 3. The molecule has 132 valence electrons. The average molecular weight is 338 g/mol. The molecule has 0 radical (unpaired) electrons. The highest BCUT2D eigenvalue weighted by Crippen LogP contribution is 2.31. The van der Waals surface area contributed by atoms with Gasteiger partial charge in [-0.15, -0.1) is 0 Å². The molecule has 2 aromatic rings. The zero-order chi connectivity index (χ0) is 17.4. The van der Waals surface area contributed by atoms with E-state index in [1.807, 2.05) is 6.92 Å². The smallest absolute Gasteiger partial charge is 0.187 e. The van der Waals surface area contributed by atoms with Crippen molar-refractivity contribution in [3.8, 4) is 0 Å². The molecule has 2 N–H and O–H groups in total. The van der Waals surface area contributed by atoms with Gasteiger partial charge in [0.25, 0.3) is 0 Å². The second-order valence-electron chi connectivity index (χ2n) is 7.17. The summed E-state index contributed by atoms with van der Waals surface area (Å²) >= 11 is 0. The highest BCUT2D eigenvalue weighted by atomic mass is 16.1. The van der Waals surface area contributed by atoms with Crippen LogP contribution in [-0.4, -0.2) is 47.1 Å². The zero-order valence-corrected chi connectivity index (χ0v) is 15.1. The normalized spacial score (nSPS) is 20.2. The van der Waals surface area contributed by atoms with Crippen LogP contribution in [-0.2, 0) is 19.3 Å². The number of carbonyl (C=O) groups is 1. The minimum absolute atomic E-state index is 0.102. The van der Waals surface area contributed by atoms with E-state index in [0.29, 0.717) is 18.2 Å². The van der Waals surface area contributed by atoms with Crippen LogP contribution in [0.3, 0.4) is 0 Å². The molecule has 3 heterocycles. The van der Waals surface area contributed by atoms with Crippen LogP contribution in [0, 0.1) is 6.92 Å². The monoisotopic (exact) mass is 338 g/mol. The molecule has 1 atom stereocenters. The van der Waals surface area contributed by atoms with Crippen molar-refractivity contribution in [2.75, 3.05) is 26.2 Å². The number of nitrogens with one attached hydrogen (secondary N) is 2. The molecule has 5 nitrogen and oxygen atoms in total. The maximum Gasteiger partial charge on any atom is 0.187 e. The predicted molar refractivity (Wildman–Crippen MR) is 98.1 cm³/mol. The van der Waals surface area contributed by atoms with Crippen molar-refractivity contribution in [2.24, 2.45) is 0 Å². The fraction of sp³-hybridized carbons (Fsp3) is 0.500. The number of hydrogen-bond donors (Lipinski definition) is 2. The molecule has 1 aromatic heterocycles. The molecule has 0 bridgehead atoms. The van der Waals surface area contributed by atoms with Gasteiger partial charge >= 0.3 is 0 Å². The van der Waals surface area contributed by atoms with Crippen LogP contribution in [0.5, 0.6) is 0 Å². The second-order valence-corrected chi connectivity index (χ2v) is 7.17. The first-order chi connectivity index (χ1) is 12.2. The van der Waals surface area contributed by atoms with Crippen molar-refractivity contribution >= 4 is 5.78 Å². The van der Waals surface area contributed by atoms with Gasteiger partial charge in [-0.05, 0) is 36.5 Å². The van der Waals surface area contributed by atoms with E-state index in [2.05, 4.69) is 45.5 Å². The highest BCUT2D eigenvalue weighted by Gasteiger charge is 2.29. The standard InChI is InChI=1S/C20H26N4O/c1-3-17-13(2)20(23-22-17)19(25)11-14-4-5-16-15(10-14)6-8-24-9-7-21-12-18(16)24/h4-5,10,18,21H,3,6-9,11-12H2,1-2H3,(H,22,23)/t18-/m0/s1. The molecule has 5 heteroatoms. The summed E-state index contributed by atoms with van der Waals surface area (Å²) in [6, 6.07) is 7.08. The van der Waals surface area contributed by atoms with E-state index in [-0.39, 0.29) is 5.78 Å². The van der Waals surface area contributed by atoms with Crippen molar-refractivity contribution < 1.29 is 4.79 Å². The van der Waals surface area contributed by atoms with Crippen LogP contribution in [0.1, 0.15) is 51.4 Å².